The molecule has 0 saturated heterocycles. The van der Waals surface area contributed by atoms with Crippen LogP contribution in [-0.4, -0.2) is 35.1 Å². The molecule has 0 aromatic heterocycles. The summed E-state index contributed by atoms with van der Waals surface area (Å²) in [6.45, 7) is 0.274. The summed E-state index contributed by atoms with van der Waals surface area (Å²) in [6.07, 6.45) is 1.75. The van der Waals surface area contributed by atoms with Crippen LogP contribution in [0.15, 0.2) is 66.7 Å². The van der Waals surface area contributed by atoms with Crippen LogP contribution in [0.3, 0.4) is 0 Å². The predicted octanol–water partition coefficient (Wildman–Crippen LogP) is 3.63. The number of hydrogen-bond donors (Lipinski definition) is 3. The van der Waals surface area contributed by atoms with Crippen LogP contribution in [0.5, 0.6) is 0 Å². The van der Waals surface area contributed by atoms with Gasteiger partial charge in [-0.05, 0) is 58.2 Å². The Hall–Kier alpha value is -2.46. The average Bonchev–Trinajstić information content (AvgIpc) is 2.70. The maximum Gasteiger partial charge on any atom is 0.0471 e. The maximum atomic E-state index is 9.59. The van der Waals surface area contributed by atoms with Crippen molar-refractivity contribution >= 4 is 0 Å². The first kappa shape index (κ1) is 19.3. The van der Waals surface area contributed by atoms with Gasteiger partial charge in [0.2, 0.25) is 0 Å². The Morgan fingerprint density at radius 2 is 0.889 bits per heavy atom. The van der Waals surface area contributed by atoms with Gasteiger partial charge in [-0.2, -0.15) is 0 Å². The quantitative estimate of drug-likeness (QED) is 0.573. The number of aliphatic hydroxyl groups is 3. The van der Waals surface area contributed by atoms with Crippen LogP contribution in [0.2, 0.25) is 0 Å². The maximum absolute atomic E-state index is 9.59. The zero-order valence-electron chi connectivity index (χ0n) is 15.4. The van der Waals surface area contributed by atoms with Crippen molar-refractivity contribution in [3.63, 3.8) is 0 Å². The SMILES string of the molecule is OCCc1ccccc1-c1cccc(CCO)c1-c1ccccc1CCO. The van der Waals surface area contributed by atoms with Crippen molar-refractivity contribution in [1.29, 1.82) is 0 Å². The lowest BCUT2D eigenvalue weighted by atomic mass is 9.85. The van der Waals surface area contributed by atoms with E-state index in [0.29, 0.717) is 19.3 Å². The second-order valence-electron chi connectivity index (χ2n) is 6.57. The van der Waals surface area contributed by atoms with Gasteiger partial charge >= 0.3 is 0 Å². The summed E-state index contributed by atoms with van der Waals surface area (Å²) in [5.74, 6) is 0. The Labute approximate surface area is 160 Å². The van der Waals surface area contributed by atoms with Crippen LogP contribution in [-0.2, 0) is 19.3 Å². The minimum Gasteiger partial charge on any atom is -0.396 e. The molecule has 0 atom stereocenters. The third kappa shape index (κ3) is 4.28. The zero-order valence-corrected chi connectivity index (χ0v) is 15.4. The average molecular weight is 362 g/mol. The molecule has 0 aliphatic carbocycles. The zero-order chi connectivity index (χ0) is 19.1. The highest BCUT2D eigenvalue weighted by atomic mass is 16.3. The molecule has 0 unspecified atom stereocenters. The summed E-state index contributed by atoms with van der Waals surface area (Å²) in [5, 5.41) is 28.6. The first-order valence-electron chi connectivity index (χ1n) is 9.41. The van der Waals surface area contributed by atoms with Gasteiger partial charge in [0.15, 0.2) is 0 Å². The highest BCUT2D eigenvalue weighted by Gasteiger charge is 2.16. The Kier molecular flexibility index (Phi) is 6.77. The summed E-state index contributed by atoms with van der Waals surface area (Å²) >= 11 is 0. The van der Waals surface area contributed by atoms with Gasteiger partial charge in [-0.25, -0.2) is 0 Å². The Morgan fingerprint density at radius 1 is 0.444 bits per heavy atom. The summed E-state index contributed by atoms with van der Waals surface area (Å²) < 4.78 is 0. The molecule has 3 rings (SSSR count). The van der Waals surface area contributed by atoms with Crippen LogP contribution in [0.25, 0.3) is 22.3 Å². The topological polar surface area (TPSA) is 60.7 Å². The molecule has 0 bridgehead atoms. The van der Waals surface area contributed by atoms with E-state index in [-0.39, 0.29) is 19.8 Å². The van der Waals surface area contributed by atoms with Crippen LogP contribution < -0.4 is 0 Å². The molecule has 0 spiro atoms. The normalized spacial score (nSPS) is 10.9. The van der Waals surface area contributed by atoms with E-state index in [1.165, 1.54) is 0 Å². The molecular weight excluding hydrogens is 336 g/mol. The molecule has 0 heterocycles. The molecule has 0 saturated carbocycles. The predicted molar refractivity (Wildman–Crippen MR) is 110 cm³/mol. The van der Waals surface area contributed by atoms with Crippen molar-refractivity contribution in [2.24, 2.45) is 0 Å². The van der Waals surface area contributed by atoms with Gasteiger partial charge in [0.1, 0.15) is 0 Å². The van der Waals surface area contributed by atoms with Crippen LogP contribution in [0, 0.1) is 0 Å². The van der Waals surface area contributed by atoms with E-state index in [9.17, 15) is 15.3 Å². The molecule has 3 N–H and O–H groups in total. The lowest BCUT2D eigenvalue weighted by Crippen LogP contribution is -2.02. The third-order valence-corrected chi connectivity index (χ3v) is 4.89. The van der Waals surface area contributed by atoms with Gasteiger partial charge in [-0.15, -0.1) is 0 Å². The summed E-state index contributed by atoms with van der Waals surface area (Å²) in [5.41, 5.74) is 7.65. The number of rotatable bonds is 8. The highest BCUT2D eigenvalue weighted by molar-refractivity contribution is 5.88. The largest absolute Gasteiger partial charge is 0.396 e. The van der Waals surface area contributed by atoms with E-state index in [0.717, 1.165) is 38.9 Å². The van der Waals surface area contributed by atoms with Crippen LogP contribution in [0.1, 0.15) is 16.7 Å². The molecule has 27 heavy (non-hydrogen) atoms. The molecule has 0 fully saturated rings. The first-order valence-corrected chi connectivity index (χ1v) is 9.41. The van der Waals surface area contributed by atoms with Gasteiger partial charge in [-0.1, -0.05) is 66.7 Å². The summed E-state index contributed by atoms with van der Waals surface area (Å²) in [7, 11) is 0. The minimum atomic E-state index is 0.0803. The van der Waals surface area contributed by atoms with Crippen molar-refractivity contribution in [3.8, 4) is 22.3 Å². The molecule has 3 aromatic rings. The number of hydrogen-bond acceptors (Lipinski definition) is 3. The van der Waals surface area contributed by atoms with Crippen molar-refractivity contribution in [2.75, 3.05) is 19.8 Å². The van der Waals surface area contributed by atoms with Crippen molar-refractivity contribution < 1.29 is 15.3 Å². The van der Waals surface area contributed by atoms with E-state index in [1.54, 1.807) is 0 Å². The molecular formula is C24H26O3. The monoisotopic (exact) mass is 362 g/mol. The van der Waals surface area contributed by atoms with Gasteiger partial charge in [0.25, 0.3) is 0 Å². The first-order chi connectivity index (χ1) is 13.3. The number of aliphatic hydroxyl groups excluding tert-OH is 3. The van der Waals surface area contributed by atoms with E-state index < -0.39 is 0 Å². The smallest absolute Gasteiger partial charge is 0.0471 e. The van der Waals surface area contributed by atoms with Crippen LogP contribution >= 0.6 is 0 Å². The van der Waals surface area contributed by atoms with Crippen molar-refractivity contribution in [2.45, 2.75) is 19.3 Å². The lowest BCUT2D eigenvalue weighted by Gasteiger charge is -2.20. The van der Waals surface area contributed by atoms with Gasteiger partial charge in [-0.3, -0.25) is 0 Å². The molecule has 3 heteroatoms. The number of benzene rings is 3. The second-order valence-corrected chi connectivity index (χ2v) is 6.57. The Balaban J connectivity index is 2.27. The molecule has 0 amide bonds. The standard InChI is InChI=1S/C24H26O3/c25-15-12-18-6-1-3-9-21(18)23-11-5-8-20(14-17-27)24(23)22-10-4-2-7-19(22)13-16-26/h1-11,25-27H,12-17H2. The van der Waals surface area contributed by atoms with E-state index in [1.807, 2.05) is 42.5 Å². The summed E-state index contributed by atoms with van der Waals surface area (Å²) in [6, 6.07) is 22.4. The fourth-order valence-corrected chi connectivity index (χ4v) is 3.70. The van der Waals surface area contributed by atoms with Gasteiger partial charge in [0, 0.05) is 19.8 Å². The fourth-order valence-electron chi connectivity index (χ4n) is 3.70. The van der Waals surface area contributed by atoms with Crippen LogP contribution in [0.4, 0.5) is 0 Å². The van der Waals surface area contributed by atoms with E-state index in [4.69, 9.17) is 0 Å². The molecule has 3 aromatic carbocycles. The Bertz CT molecular complexity index is 886. The van der Waals surface area contributed by atoms with Crippen molar-refractivity contribution in [1.82, 2.24) is 0 Å². The molecule has 0 aliphatic heterocycles. The van der Waals surface area contributed by atoms with E-state index >= 15 is 0 Å². The third-order valence-electron chi connectivity index (χ3n) is 4.89. The minimum absolute atomic E-state index is 0.0803. The molecule has 0 radical (unpaired) electrons. The molecule has 140 valence electrons. The van der Waals surface area contributed by atoms with E-state index in [2.05, 4.69) is 24.3 Å². The highest BCUT2D eigenvalue weighted by Crippen LogP contribution is 2.38. The molecule has 0 aliphatic rings. The van der Waals surface area contributed by atoms with Crippen molar-refractivity contribution in [3.05, 3.63) is 83.4 Å². The second kappa shape index (κ2) is 9.47. The molecule has 3 nitrogen and oxygen atoms in total. The summed E-state index contributed by atoms with van der Waals surface area (Å²) in [4.78, 5) is 0. The van der Waals surface area contributed by atoms with Gasteiger partial charge in [0.05, 0.1) is 0 Å². The fraction of sp³-hybridized carbons (Fsp3) is 0.250. The lowest BCUT2D eigenvalue weighted by molar-refractivity contribution is 0.299. The van der Waals surface area contributed by atoms with Gasteiger partial charge < -0.3 is 15.3 Å². The Morgan fingerprint density at radius 3 is 1.52 bits per heavy atom.